The number of amides is 1. The zero-order valence-electron chi connectivity index (χ0n) is 12.5. The first-order chi connectivity index (χ1) is 9.97. The number of carboxylic acids is 1. The molecule has 1 amide bonds. The number of rotatable bonds is 5. The molecule has 0 aromatic heterocycles. The number of hydrogen-bond acceptors (Lipinski definition) is 3. The van der Waals surface area contributed by atoms with Gasteiger partial charge in [0.1, 0.15) is 6.54 Å². The predicted octanol–water partition coefficient (Wildman–Crippen LogP) is -1.04. The lowest BCUT2D eigenvalue weighted by molar-refractivity contribution is -0.695. The molecule has 1 heterocycles. The number of aliphatic carboxylic acids is 1. The van der Waals surface area contributed by atoms with E-state index < -0.39 is 12.0 Å². The van der Waals surface area contributed by atoms with Gasteiger partial charge in [0.15, 0.2) is 6.04 Å². The highest BCUT2D eigenvalue weighted by Gasteiger charge is 2.29. The highest BCUT2D eigenvalue weighted by Crippen LogP contribution is 2.13. The van der Waals surface area contributed by atoms with Gasteiger partial charge in [0.2, 0.25) is 0 Å². The van der Waals surface area contributed by atoms with Gasteiger partial charge in [-0.15, -0.1) is 0 Å². The summed E-state index contributed by atoms with van der Waals surface area (Å²) in [6.45, 7) is 4.59. The van der Waals surface area contributed by atoms with Crippen molar-refractivity contribution in [1.29, 1.82) is 0 Å². The van der Waals surface area contributed by atoms with Crippen LogP contribution in [0.4, 0.5) is 0 Å². The molecular weight excluding hydrogens is 268 g/mol. The van der Waals surface area contributed by atoms with E-state index in [1.165, 1.54) is 5.56 Å². The molecule has 1 aliphatic heterocycles. The monoisotopic (exact) mass is 290 g/mol. The van der Waals surface area contributed by atoms with E-state index in [-0.39, 0.29) is 17.9 Å². The summed E-state index contributed by atoms with van der Waals surface area (Å²) in [7, 11) is 0. The fraction of sp³-hybridized carbons (Fsp3) is 0.500. The maximum Gasteiger partial charge on any atom is 0.279 e. The van der Waals surface area contributed by atoms with E-state index in [4.69, 9.17) is 0 Å². The zero-order chi connectivity index (χ0) is 15.4. The third kappa shape index (κ3) is 4.04. The average Bonchev–Trinajstić information content (AvgIpc) is 2.45. The van der Waals surface area contributed by atoms with Crippen LogP contribution in [0.15, 0.2) is 24.3 Å². The molecule has 114 valence electrons. The Balaban J connectivity index is 1.99. The Kier molecular flexibility index (Phi) is 4.96. The van der Waals surface area contributed by atoms with Crippen molar-refractivity contribution in [2.75, 3.05) is 0 Å². The molecule has 0 aliphatic carbocycles. The molecule has 1 aromatic carbocycles. The third-order valence-electron chi connectivity index (χ3n) is 3.83. The van der Waals surface area contributed by atoms with Crippen molar-refractivity contribution in [3.8, 4) is 0 Å². The van der Waals surface area contributed by atoms with Gasteiger partial charge in [-0.2, -0.15) is 0 Å². The lowest BCUT2D eigenvalue weighted by atomic mass is 9.95. The second-order valence-corrected chi connectivity index (χ2v) is 6.03. The van der Waals surface area contributed by atoms with Gasteiger partial charge in [-0.05, 0) is 17.9 Å². The Morgan fingerprint density at radius 3 is 2.62 bits per heavy atom. The molecule has 21 heavy (non-hydrogen) atoms. The molecule has 1 aromatic rings. The largest absolute Gasteiger partial charge is 0.548 e. The van der Waals surface area contributed by atoms with Gasteiger partial charge in [-0.25, -0.2) is 0 Å². The van der Waals surface area contributed by atoms with Gasteiger partial charge >= 0.3 is 0 Å². The standard InChI is InChI=1S/C16H22N2O3/c1-10(2)7-14(16(20)21)18-15(19)13-8-11-5-3-4-6-12(11)9-17-13/h3-6,10,13-14,17H,7-9H2,1-2H3,(H,18,19)(H,20,21)/t13-,14+/m0/s1. The first-order valence-corrected chi connectivity index (χ1v) is 7.38. The topological polar surface area (TPSA) is 85.8 Å². The molecule has 0 fully saturated rings. The summed E-state index contributed by atoms with van der Waals surface area (Å²) in [5, 5.41) is 15.7. The fourth-order valence-corrected chi connectivity index (χ4v) is 2.71. The van der Waals surface area contributed by atoms with E-state index in [1.807, 2.05) is 37.4 Å². The maximum atomic E-state index is 12.3. The summed E-state index contributed by atoms with van der Waals surface area (Å²) in [4.78, 5) is 23.4. The molecule has 2 atom stereocenters. The smallest absolute Gasteiger partial charge is 0.279 e. The molecule has 0 bridgehead atoms. The van der Waals surface area contributed by atoms with Crippen LogP contribution >= 0.6 is 0 Å². The van der Waals surface area contributed by atoms with E-state index >= 15 is 0 Å². The van der Waals surface area contributed by atoms with E-state index in [2.05, 4.69) is 11.4 Å². The second-order valence-electron chi connectivity index (χ2n) is 6.03. The summed E-state index contributed by atoms with van der Waals surface area (Å²) < 4.78 is 0. The van der Waals surface area contributed by atoms with Crippen LogP contribution in [0.25, 0.3) is 0 Å². The Hall–Kier alpha value is -1.88. The SMILES string of the molecule is CC(C)C[C@@H](NC(=O)[C@@H]1Cc2ccccc2C[NH2+]1)C(=O)[O-]. The number of nitrogens with one attached hydrogen (secondary N) is 1. The first-order valence-electron chi connectivity index (χ1n) is 7.38. The van der Waals surface area contributed by atoms with Crippen molar-refractivity contribution in [3.05, 3.63) is 35.4 Å². The van der Waals surface area contributed by atoms with Crippen molar-refractivity contribution in [1.82, 2.24) is 5.32 Å². The van der Waals surface area contributed by atoms with Crippen LogP contribution in [-0.2, 0) is 22.6 Å². The van der Waals surface area contributed by atoms with Gasteiger partial charge in [0, 0.05) is 12.0 Å². The van der Waals surface area contributed by atoms with Crippen molar-refractivity contribution in [2.45, 2.75) is 45.3 Å². The number of benzene rings is 1. The van der Waals surface area contributed by atoms with E-state index in [0.717, 1.165) is 12.1 Å². The molecule has 0 saturated heterocycles. The van der Waals surface area contributed by atoms with Crippen molar-refractivity contribution >= 4 is 11.9 Å². The summed E-state index contributed by atoms with van der Waals surface area (Å²) in [6.07, 6.45) is 1.01. The number of carboxylic acid groups (broad SMARTS) is 1. The molecule has 1 aliphatic rings. The Labute approximate surface area is 124 Å². The van der Waals surface area contributed by atoms with Crippen LogP contribution in [0.3, 0.4) is 0 Å². The fourth-order valence-electron chi connectivity index (χ4n) is 2.71. The average molecular weight is 290 g/mol. The van der Waals surface area contributed by atoms with Crippen molar-refractivity contribution < 1.29 is 20.0 Å². The minimum absolute atomic E-state index is 0.185. The maximum absolute atomic E-state index is 12.3. The number of carbonyl (C=O) groups excluding carboxylic acids is 2. The molecule has 5 heteroatoms. The molecule has 2 rings (SSSR count). The molecule has 0 saturated carbocycles. The zero-order valence-corrected chi connectivity index (χ0v) is 12.5. The van der Waals surface area contributed by atoms with Gasteiger partial charge in [0.05, 0.1) is 12.0 Å². The Bertz CT molecular complexity index is 528. The highest BCUT2D eigenvalue weighted by atomic mass is 16.4. The third-order valence-corrected chi connectivity index (χ3v) is 3.83. The summed E-state index contributed by atoms with van der Waals surface area (Å²) in [5.74, 6) is -1.25. The number of nitrogens with two attached hydrogens (primary N) is 1. The molecule has 3 N–H and O–H groups in total. The van der Waals surface area contributed by atoms with Gasteiger partial charge < -0.3 is 20.5 Å². The second kappa shape index (κ2) is 6.72. The quantitative estimate of drug-likeness (QED) is 0.726. The lowest BCUT2D eigenvalue weighted by Gasteiger charge is -2.26. The van der Waals surface area contributed by atoms with Crippen LogP contribution in [0, 0.1) is 5.92 Å². The van der Waals surface area contributed by atoms with Crippen LogP contribution in [0.1, 0.15) is 31.4 Å². The van der Waals surface area contributed by atoms with E-state index in [9.17, 15) is 14.7 Å². The van der Waals surface area contributed by atoms with Crippen molar-refractivity contribution in [3.63, 3.8) is 0 Å². The molecule has 0 radical (unpaired) electrons. The minimum atomic E-state index is -1.21. The van der Waals surface area contributed by atoms with Gasteiger partial charge in [-0.3, -0.25) is 4.79 Å². The number of quaternary nitrogens is 1. The first kappa shape index (κ1) is 15.5. The number of fused-ring (bicyclic) bond motifs is 1. The van der Waals surface area contributed by atoms with Crippen LogP contribution in [-0.4, -0.2) is 24.0 Å². The van der Waals surface area contributed by atoms with Crippen molar-refractivity contribution in [2.24, 2.45) is 5.92 Å². The molecule has 0 unspecified atom stereocenters. The lowest BCUT2D eigenvalue weighted by Crippen LogP contribution is -2.93. The van der Waals surface area contributed by atoms with Gasteiger partial charge in [0.25, 0.3) is 5.91 Å². The predicted molar refractivity (Wildman–Crippen MR) is 76.0 cm³/mol. The van der Waals surface area contributed by atoms with Crippen LogP contribution in [0.5, 0.6) is 0 Å². The summed E-state index contributed by atoms with van der Waals surface area (Å²) in [5.41, 5.74) is 2.40. The molecule has 5 nitrogen and oxygen atoms in total. The Morgan fingerprint density at radius 2 is 2.00 bits per heavy atom. The van der Waals surface area contributed by atoms with Crippen LogP contribution < -0.4 is 15.7 Å². The Morgan fingerprint density at radius 1 is 1.33 bits per heavy atom. The normalized spacial score (nSPS) is 18.9. The van der Waals surface area contributed by atoms with Gasteiger partial charge in [-0.1, -0.05) is 38.1 Å². The molecule has 0 spiro atoms. The molecular formula is C16H22N2O3. The minimum Gasteiger partial charge on any atom is -0.548 e. The van der Waals surface area contributed by atoms with E-state index in [1.54, 1.807) is 0 Å². The number of carbonyl (C=O) groups is 2. The number of hydrogen-bond donors (Lipinski definition) is 2. The summed E-state index contributed by atoms with van der Waals surface area (Å²) >= 11 is 0. The summed E-state index contributed by atoms with van der Waals surface area (Å²) in [6, 6.07) is 6.84. The highest BCUT2D eigenvalue weighted by molar-refractivity contribution is 5.85. The van der Waals surface area contributed by atoms with E-state index in [0.29, 0.717) is 12.8 Å². The van der Waals surface area contributed by atoms with Crippen LogP contribution in [0.2, 0.25) is 0 Å².